The summed E-state index contributed by atoms with van der Waals surface area (Å²) in [6.07, 6.45) is 6.77. The van der Waals surface area contributed by atoms with Crippen LogP contribution in [0.3, 0.4) is 0 Å². The summed E-state index contributed by atoms with van der Waals surface area (Å²) in [6.45, 7) is 3.49. The van der Waals surface area contributed by atoms with Crippen LogP contribution in [-0.2, 0) is 9.47 Å². The second kappa shape index (κ2) is 13.5. The highest BCUT2D eigenvalue weighted by Crippen LogP contribution is 2.45. The molecule has 2 aromatic carbocycles. The van der Waals surface area contributed by atoms with Gasteiger partial charge in [-0.05, 0) is 106 Å². The smallest absolute Gasteiger partial charge is 0.400 e. The van der Waals surface area contributed by atoms with Gasteiger partial charge in [-0.1, -0.05) is 35.9 Å². The van der Waals surface area contributed by atoms with Crippen LogP contribution in [0.2, 0.25) is 5.02 Å². The molecule has 0 radical (unpaired) electrons. The molecule has 0 atom stereocenters. The zero-order valence-corrected chi connectivity index (χ0v) is 24.2. The van der Waals surface area contributed by atoms with Crippen LogP contribution in [0.5, 0.6) is 5.75 Å². The maximum Gasteiger partial charge on any atom is 0.400 e. The molecular weight excluding hydrogens is 556 g/mol. The van der Waals surface area contributed by atoms with Crippen molar-refractivity contribution in [2.75, 3.05) is 13.2 Å². The number of halogens is 5. The number of hydrogen-bond donors (Lipinski definition) is 0. The first-order valence-corrected chi connectivity index (χ1v) is 15.3. The Hall–Kier alpha value is -2.09. The molecular formula is C33H39ClF4O3. The van der Waals surface area contributed by atoms with E-state index in [4.69, 9.17) is 25.8 Å². The Bertz CT molecular complexity index is 1180. The molecule has 3 aliphatic rings. The van der Waals surface area contributed by atoms with Gasteiger partial charge in [-0.25, -0.2) is 8.78 Å². The summed E-state index contributed by atoms with van der Waals surface area (Å²) in [5.41, 5.74) is 1.60. The highest BCUT2D eigenvalue weighted by molar-refractivity contribution is 6.30. The lowest BCUT2D eigenvalue weighted by Crippen LogP contribution is -2.38. The number of ether oxygens (including phenoxy) is 3. The van der Waals surface area contributed by atoms with E-state index in [0.717, 1.165) is 56.9 Å². The van der Waals surface area contributed by atoms with Gasteiger partial charge in [0.05, 0.1) is 24.2 Å². The number of benzene rings is 2. The fourth-order valence-electron chi connectivity index (χ4n) is 6.67. The summed E-state index contributed by atoms with van der Waals surface area (Å²) in [6, 6.07) is 8.81. The van der Waals surface area contributed by atoms with E-state index in [1.54, 1.807) is 6.07 Å². The van der Waals surface area contributed by atoms with Crippen molar-refractivity contribution in [3.8, 4) is 5.75 Å². The summed E-state index contributed by atoms with van der Waals surface area (Å²) in [7, 11) is 0. The highest BCUT2D eigenvalue weighted by atomic mass is 35.5. The first-order chi connectivity index (χ1) is 19.7. The third kappa shape index (κ3) is 7.47. The average molecular weight is 595 g/mol. The molecule has 41 heavy (non-hydrogen) atoms. The quantitative estimate of drug-likeness (QED) is 0.225. The molecule has 0 amide bonds. The van der Waals surface area contributed by atoms with Crippen LogP contribution in [0, 0.1) is 29.4 Å². The van der Waals surface area contributed by atoms with Crippen LogP contribution in [0.25, 0.3) is 0 Å². The number of alkyl halides is 2. The van der Waals surface area contributed by atoms with Gasteiger partial charge in [0.2, 0.25) is 0 Å². The fraction of sp³-hybridized carbons (Fsp3) is 0.576. The van der Waals surface area contributed by atoms with Crippen LogP contribution >= 0.6 is 11.6 Å². The van der Waals surface area contributed by atoms with E-state index in [1.807, 2.05) is 19.1 Å². The molecule has 5 rings (SSSR count). The van der Waals surface area contributed by atoms with E-state index in [1.165, 1.54) is 12.1 Å². The van der Waals surface area contributed by atoms with E-state index < -0.39 is 17.8 Å². The standard InChI is InChI=1S/C33H39ClF4O3/c1-2-3-4-21-19-39-32(40-20-21)24-7-5-22(6-8-24)25-11-15-28(30(35)17-25)23-9-12-26(13-10-23)33(37,38)41-27-14-16-29(34)31(36)18-27/h2-3,11,14-18,21-24,26,32H,4-10,12-13,19-20H2,1H3/b3-2-. The SMILES string of the molecule is C/C=C\CC1COC(C2CCC(c3ccc(C4CCC(C(F)(F)Oc5ccc(Cl)c(F)c5)CC4)c(F)c3)CC2)OC1. The van der Waals surface area contributed by atoms with Crippen molar-refractivity contribution in [1.82, 2.24) is 0 Å². The van der Waals surface area contributed by atoms with E-state index in [-0.39, 0.29) is 41.6 Å². The van der Waals surface area contributed by atoms with Crippen LogP contribution in [0.1, 0.15) is 87.7 Å². The summed E-state index contributed by atoms with van der Waals surface area (Å²) >= 11 is 5.63. The monoisotopic (exact) mass is 594 g/mol. The maximum atomic E-state index is 15.3. The fourth-order valence-corrected chi connectivity index (χ4v) is 6.79. The van der Waals surface area contributed by atoms with Crippen molar-refractivity contribution in [2.24, 2.45) is 17.8 Å². The van der Waals surface area contributed by atoms with E-state index in [0.29, 0.717) is 36.2 Å². The van der Waals surface area contributed by atoms with Gasteiger partial charge in [-0.2, -0.15) is 8.78 Å². The molecule has 0 spiro atoms. The van der Waals surface area contributed by atoms with Gasteiger partial charge in [0.1, 0.15) is 17.4 Å². The first-order valence-electron chi connectivity index (χ1n) is 14.9. The van der Waals surface area contributed by atoms with Gasteiger partial charge in [0, 0.05) is 17.9 Å². The van der Waals surface area contributed by atoms with Crippen LogP contribution in [0.4, 0.5) is 17.6 Å². The molecule has 1 aliphatic heterocycles. The first kappa shape index (κ1) is 30.4. The molecule has 0 aromatic heterocycles. The van der Waals surface area contributed by atoms with Crippen LogP contribution in [-0.4, -0.2) is 25.6 Å². The minimum absolute atomic E-state index is 0.114. The van der Waals surface area contributed by atoms with Gasteiger partial charge in [0.25, 0.3) is 0 Å². The lowest BCUT2D eigenvalue weighted by Gasteiger charge is -2.37. The third-order valence-corrected chi connectivity index (χ3v) is 9.44. The molecule has 224 valence electrons. The molecule has 1 heterocycles. The summed E-state index contributed by atoms with van der Waals surface area (Å²) in [5, 5.41) is -0.153. The average Bonchev–Trinajstić information content (AvgIpc) is 2.98. The van der Waals surface area contributed by atoms with Gasteiger partial charge in [-0.15, -0.1) is 0 Å². The normalized spacial score (nSPS) is 29.5. The maximum absolute atomic E-state index is 15.3. The van der Waals surface area contributed by atoms with E-state index >= 15 is 4.39 Å². The van der Waals surface area contributed by atoms with Crippen LogP contribution < -0.4 is 4.74 Å². The Morgan fingerprint density at radius 1 is 0.878 bits per heavy atom. The molecule has 0 unspecified atom stereocenters. The number of hydrogen-bond acceptors (Lipinski definition) is 3. The predicted octanol–water partition coefficient (Wildman–Crippen LogP) is 9.79. The molecule has 0 N–H and O–H groups in total. The van der Waals surface area contributed by atoms with Crippen molar-refractivity contribution < 1.29 is 31.8 Å². The molecule has 2 saturated carbocycles. The van der Waals surface area contributed by atoms with Gasteiger partial charge in [-0.3, -0.25) is 0 Å². The zero-order chi connectivity index (χ0) is 29.0. The van der Waals surface area contributed by atoms with Crippen molar-refractivity contribution in [3.05, 3.63) is 76.3 Å². The Morgan fingerprint density at radius 3 is 2.20 bits per heavy atom. The highest BCUT2D eigenvalue weighted by Gasteiger charge is 2.44. The minimum Gasteiger partial charge on any atom is -0.432 e. The second-order valence-electron chi connectivity index (χ2n) is 11.9. The predicted molar refractivity (Wildman–Crippen MR) is 151 cm³/mol. The Kier molecular flexibility index (Phi) is 9.98. The number of rotatable bonds is 8. The molecule has 2 aliphatic carbocycles. The zero-order valence-electron chi connectivity index (χ0n) is 23.5. The van der Waals surface area contributed by atoms with Crippen molar-refractivity contribution in [3.63, 3.8) is 0 Å². The molecule has 3 nitrogen and oxygen atoms in total. The lowest BCUT2D eigenvalue weighted by molar-refractivity contribution is -0.228. The van der Waals surface area contributed by atoms with Gasteiger partial charge < -0.3 is 14.2 Å². The topological polar surface area (TPSA) is 27.7 Å². The van der Waals surface area contributed by atoms with Crippen molar-refractivity contribution >= 4 is 11.6 Å². The largest absolute Gasteiger partial charge is 0.432 e. The lowest BCUT2D eigenvalue weighted by atomic mass is 9.76. The molecule has 0 bridgehead atoms. The summed E-state index contributed by atoms with van der Waals surface area (Å²) < 4.78 is 75.6. The summed E-state index contributed by atoms with van der Waals surface area (Å²) in [5.74, 6) is -1.37. The summed E-state index contributed by atoms with van der Waals surface area (Å²) in [4.78, 5) is 0. The number of allylic oxidation sites excluding steroid dienone is 2. The second-order valence-corrected chi connectivity index (χ2v) is 12.3. The Morgan fingerprint density at radius 2 is 1.56 bits per heavy atom. The van der Waals surface area contributed by atoms with Crippen molar-refractivity contribution in [1.29, 1.82) is 0 Å². The Labute approximate surface area is 245 Å². The van der Waals surface area contributed by atoms with Gasteiger partial charge in [0.15, 0.2) is 6.29 Å². The van der Waals surface area contributed by atoms with Gasteiger partial charge >= 0.3 is 6.11 Å². The van der Waals surface area contributed by atoms with Crippen LogP contribution in [0.15, 0.2) is 48.6 Å². The Balaban J connectivity index is 1.10. The van der Waals surface area contributed by atoms with E-state index in [9.17, 15) is 13.2 Å². The molecule has 8 heteroatoms. The molecule has 3 fully saturated rings. The molecule has 1 saturated heterocycles. The minimum atomic E-state index is -3.45. The third-order valence-electron chi connectivity index (χ3n) is 9.14. The molecule has 2 aromatic rings. The van der Waals surface area contributed by atoms with E-state index in [2.05, 4.69) is 12.2 Å². The van der Waals surface area contributed by atoms with Crippen molar-refractivity contribution in [2.45, 2.75) is 88.9 Å².